The molecule has 0 saturated heterocycles. The van der Waals surface area contributed by atoms with E-state index in [0.717, 1.165) is 0 Å². The maximum Gasteiger partial charge on any atom is 0.265 e. The molecule has 0 amide bonds. The second kappa shape index (κ2) is 7.15. The van der Waals surface area contributed by atoms with Gasteiger partial charge in [0.2, 0.25) is 17.7 Å². The summed E-state index contributed by atoms with van der Waals surface area (Å²) < 4.78 is 36.4. The fraction of sp³-hybridized carbons (Fsp3) is 0.167. The molecule has 0 aromatic carbocycles. The van der Waals surface area contributed by atoms with Gasteiger partial charge in [-0.1, -0.05) is 0 Å². The van der Waals surface area contributed by atoms with E-state index in [1.165, 1.54) is 44.8 Å². The first-order valence-electron chi connectivity index (χ1n) is 6.15. The van der Waals surface area contributed by atoms with Crippen molar-refractivity contribution < 1.29 is 17.9 Å². The molecule has 0 unspecified atom stereocenters. The highest BCUT2D eigenvalue weighted by molar-refractivity contribution is 7.92. The van der Waals surface area contributed by atoms with Crippen LogP contribution in [0, 0.1) is 0 Å². The Balaban J connectivity index is 2.14. The van der Waals surface area contributed by atoms with Crippen molar-refractivity contribution in [2.45, 2.75) is 4.90 Å². The first-order valence-corrected chi connectivity index (χ1v) is 8.04. The lowest BCUT2D eigenvalue weighted by Gasteiger charge is -2.11. The van der Waals surface area contributed by atoms with E-state index in [0.29, 0.717) is 0 Å². The van der Waals surface area contributed by atoms with Crippen LogP contribution in [0.2, 0.25) is 0 Å². The van der Waals surface area contributed by atoms with Crippen molar-refractivity contribution in [1.82, 2.24) is 19.7 Å². The fourth-order valence-electron chi connectivity index (χ4n) is 1.48. The summed E-state index contributed by atoms with van der Waals surface area (Å²) in [6.45, 7) is 0. The molecule has 0 spiro atoms. The summed E-state index contributed by atoms with van der Waals surface area (Å²) in [7, 11) is -0.994. The maximum atomic E-state index is 12.1. The van der Waals surface area contributed by atoms with E-state index in [-0.39, 0.29) is 27.7 Å². The summed E-state index contributed by atoms with van der Waals surface area (Å²) in [5.41, 5.74) is 0. The Morgan fingerprint density at radius 3 is 2.39 bits per heavy atom. The smallest absolute Gasteiger partial charge is 0.265 e. The molecule has 122 valence electrons. The highest BCUT2D eigenvalue weighted by Crippen LogP contribution is 2.17. The minimum absolute atomic E-state index is 0.0201. The van der Waals surface area contributed by atoms with Crippen LogP contribution in [0.4, 0.5) is 5.95 Å². The summed E-state index contributed by atoms with van der Waals surface area (Å²) in [4.78, 5) is 11.7. The second-order valence-electron chi connectivity index (χ2n) is 4.02. The quantitative estimate of drug-likeness (QED) is 0.742. The maximum absolute atomic E-state index is 12.1. The van der Waals surface area contributed by atoms with E-state index in [1.807, 2.05) is 0 Å². The normalized spacial score (nSPS) is 10.7. The van der Waals surface area contributed by atoms with Crippen LogP contribution in [0.1, 0.15) is 0 Å². The van der Waals surface area contributed by atoms with Crippen LogP contribution in [-0.2, 0) is 10.0 Å². The van der Waals surface area contributed by atoms with Gasteiger partial charge in [0.1, 0.15) is 4.90 Å². The number of thiocarbonyl (C=S) groups is 1. The van der Waals surface area contributed by atoms with E-state index in [9.17, 15) is 8.42 Å². The van der Waals surface area contributed by atoms with Gasteiger partial charge in [-0.05, 0) is 24.4 Å². The lowest BCUT2D eigenvalue weighted by molar-refractivity contribution is 0.373. The molecule has 0 aliphatic carbocycles. The molecule has 0 aliphatic heterocycles. The van der Waals surface area contributed by atoms with Crippen LogP contribution in [0.15, 0.2) is 35.5 Å². The number of rotatable bonds is 5. The Bertz CT molecular complexity index is 776. The van der Waals surface area contributed by atoms with Gasteiger partial charge < -0.3 is 14.8 Å². The number of aromatic nitrogens is 3. The molecule has 2 heterocycles. The zero-order chi connectivity index (χ0) is 16.9. The van der Waals surface area contributed by atoms with E-state index in [2.05, 4.69) is 25.0 Å². The summed E-state index contributed by atoms with van der Waals surface area (Å²) in [5, 5.41) is 2.35. The van der Waals surface area contributed by atoms with Gasteiger partial charge in [0.25, 0.3) is 10.0 Å². The molecule has 0 atom stereocenters. The Morgan fingerprint density at radius 2 is 1.87 bits per heavy atom. The Labute approximate surface area is 138 Å². The van der Waals surface area contributed by atoms with E-state index >= 15 is 0 Å². The number of ether oxygens (including phenoxy) is 2. The van der Waals surface area contributed by atoms with E-state index in [1.54, 1.807) is 0 Å². The molecule has 0 bridgehead atoms. The number of hydrogen-bond donors (Lipinski definition) is 2. The van der Waals surface area contributed by atoms with Gasteiger partial charge in [-0.3, -0.25) is 9.71 Å². The van der Waals surface area contributed by atoms with Crippen LogP contribution in [0.3, 0.4) is 0 Å². The van der Waals surface area contributed by atoms with E-state index < -0.39 is 10.0 Å². The first-order chi connectivity index (χ1) is 10.9. The largest absolute Gasteiger partial charge is 0.481 e. The summed E-state index contributed by atoms with van der Waals surface area (Å²) >= 11 is 4.96. The van der Waals surface area contributed by atoms with Crippen molar-refractivity contribution in [3.8, 4) is 11.8 Å². The molecular weight excluding hydrogens is 342 g/mol. The highest BCUT2D eigenvalue weighted by Gasteiger charge is 2.16. The first kappa shape index (κ1) is 16.8. The average Bonchev–Trinajstić information content (AvgIpc) is 2.54. The molecule has 2 N–H and O–H groups in total. The number of sulfonamides is 1. The van der Waals surface area contributed by atoms with Gasteiger partial charge in [0, 0.05) is 12.4 Å². The standard InChI is InChI=1S/C12H13N5O4S2/c1-20-9-6-10(21-2)15-11(14-9)16-12(22)17-23(18,19)8-4-3-5-13-7-8/h3-7H,1-2H3,(H2,14,15,16,17,22). The molecule has 0 aliphatic rings. The van der Waals surface area contributed by atoms with Crippen molar-refractivity contribution in [1.29, 1.82) is 0 Å². The zero-order valence-corrected chi connectivity index (χ0v) is 13.8. The molecular formula is C12H13N5O4S2. The molecule has 2 aromatic rings. The van der Waals surface area contributed by atoms with Gasteiger partial charge in [-0.25, -0.2) is 8.42 Å². The predicted molar refractivity (Wildman–Crippen MR) is 85.9 cm³/mol. The molecule has 0 saturated carbocycles. The van der Waals surface area contributed by atoms with Crippen LogP contribution in [0.25, 0.3) is 0 Å². The Morgan fingerprint density at radius 1 is 1.22 bits per heavy atom. The highest BCUT2D eigenvalue weighted by atomic mass is 32.2. The van der Waals surface area contributed by atoms with Crippen LogP contribution in [0.5, 0.6) is 11.8 Å². The lowest BCUT2D eigenvalue weighted by atomic mass is 10.5. The second-order valence-corrected chi connectivity index (χ2v) is 6.12. The average molecular weight is 355 g/mol. The number of anilines is 1. The van der Waals surface area contributed by atoms with Gasteiger partial charge in [-0.15, -0.1) is 0 Å². The molecule has 2 aromatic heterocycles. The zero-order valence-electron chi connectivity index (χ0n) is 12.2. The molecule has 9 nitrogen and oxygen atoms in total. The molecule has 11 heteroatoms. The van der Waals surface area contributed by atoms with Crippen molar-refractivity contribution in [3.05, 3.63) is 30.6 Å². The van der Waals surface area contributed by atoms with Crippen LogP contribution >= 0.6 is 12.2 Å². The molecule has 2 rings (SSSR count). The molecule has 0 radical (unpaired) electrons. The summed E-state index contributed by atoms with van der Waals surface area (Å²) in [5.74, 6) is 0.495. The summed E-state index contributed by atoms with van der Waals surface area (Å²) in [6.07, 6.45) is 2.67. The number of pyridine rings is 1. The van der Waals surface area contributed by atoms with Crippen LogP contribution < -0.4 is 19.5 Å². The third-order valence-corrected chi connectivity index (χ3v) is 4.16. The number of hydrogen-bond acceptors (Lipinski definition) is 8. The van der Waals surface area contributed by atoms with Gasteiger partial charge >= 0.3 is 0 Å². The van der Waals surface area contributed by atoms with Gasteiger partial charge in [0.05, 0.1) is 20.3 Å². The molecule has 0 fully saturated rings. The third kappa shape index (κ3) is 4.47. The number of nitrogens with zero attached hydrogens (tertiary/aromatic N) is 3. The fourth-order valence-corrected chi connectivity index (χ4v) is 2.77. The third-order valence-electron chi connectivity index (χ3n) is 2.49. The predicted octanol–water partition coefficient (Wildman–Crippen LogP) is 0.564. The number of methoxy groups -OCH3 is 2. The van der Waals surface area contributed by atoms with Gasteiger partial charge in [0.15, 0.2) is 5.11 Å². The Kier molecular flexibility index (Phi) is 5.24. The van der Waals surface area contributed by atoms with Crippen molar-refractivity contribution in [2.75, 3.05) is 19.5 Å². The van der Waals surface area contributed by atoms with Crippen molar-refractivity contribution >= 4 is 33.3 Å². The van der Waals surface area contributed by atoms with Crippen LogP contribution in [-0.4, -0.2) is 42.7 Å². The minimum Gasteiger partial charge on any atom is -0.481 e. The van der Waals surface area contributed by atoms with Crippen molar-refractivity contribution in [2.24, 2.45) is 0 Å². The lowest BCUT2D eigenvalue weighted by Crippen LogP contribution is -2.34. The van der Waals surface area contributed by atoms with Gasteiger partial charge in [-0.2, -0.15) is 9.97 Å². The SMILES string of the molecule is COc1cc(OC)nc(NC(=S)NS(=O)(=O)c2cccnc2)n1. The minimum atomic E-state index is -3.85. The molecule has 23 heavy (non-hydrogen) atoms. The van der Waals surface area contributed by atoms with Crippen molar-refractivity contribution in [3.63, 3.8) is 0 Å². The topological polar surface area (TPSA) is 115 Å². The number of nitrogens with one attached hydrogen (secondary N) is 2. The monoisotopic (exact) mass is 355 g/mol. The summed E-state index contributed by atoms with van der Waals surface area (Å²) in [6, 6.07) is 4.36. The Hall–Kier alpha value is -2.53. The van der Waals surface area contributed by atoms with E-state index in [4.69, 9.17) is 21.7 Å².